The fraction of sp³-hybridized carbons (Fsp3) is 0.333. The van der Waals surface area contributed by atoms with Gasteiger partial charge in [0.05, 0.1) is 5.69 Å². The Bertz CT molecular complexity index is 562. The van der Waals surface area contributed by atoms with Crippen molar-refractivity contribution in [1.82, 2.24) is 14.8 Å². The van der Waals surface area contributed by atoms with Gasteiger partial charge in [-0.05, 0) is 12.5 Å². The number of nitrogens with zero attached hydrogens (tertiary/aromatic N) is 2. The van der Waals surface area contributed by atoms with Crippen LogP contribution < -0.4 is 11.3 Å². The molecule has 0 amide bonds. The van der Waals surface area contributed by atoms with Crippen molar-refractivity contribution < 1.29 is 0 Å². The Balaban J connectivity index is 2.54. The molecule has 0 saturated carbocycles. The van der Waals surface area contributed by atoms with Crippen LogP contribution in [0.25, 0.3) is 11.3 Å². The molecule has 0 unspecified atom stereocenters. The van der Waals surface area contributed by atoms with Crippen molar-refractivity contribution in [3.05, 3.63) is 34.2 Å². The van der Waals surface area contributed by atoms with Gasteiger partial charge in [-0.25, -0.2) is 0 Å². The molecule has 0 bridgehead atoms. The fourth-order valence-corrected chi connectivity index (χ4v) is 1.87. The number of nitrogens with two attached hydrogens (primary N) is 1. The molecule has 0 spiro atoms. The van der Waals surface area contributed by atoms with Gasteiger partial charge in [0, 0.05) is 30.4 Å². The highest BCUT2D eigenvalue weighted by molar-refractivity contribution is 5.67. The van der Waals surface area contributed by atoms with Crippen molar-refractivity contribution in [3.63, 3.8) is 0 Å². The fourth-order valence-electron chi connectivity index (χ4n) is 1.87. The minimum atomic E-state index is -0.116. The summed E-state index contributed by atoms with van der Waals surface area (Å²) in [6.07, 6.45) is 3.56. The summed E-state index contributed by atoms with van der Waals surface area (Å²) in [5.74, 6) is 0.688. The van der Waals surface area contributed by atoms with Gasteiger partial charge in [0.2, 0.25) is 5.56 Å². The normalized spacial score (nSPS) is 10.7. The van der Waals surface area contributed by atoms with Crippen LogP contribution in [0.3, 0.4) is 0 Å². The monoisotopic (exact) mass is 232 g/mol. The van der Waals surface area contributed by atoms with Crippen molar-refractivity contribution in [2.24, 2.45) is 7.05 Å². The van der Waals surface area contributed by atoms with E-state index in [2.05, 4.69) is 17.0 Å². The molecule has 0 fully saturated rings. The lowest BCUT2D eigenvalue weighted by atomic mass is 10.1. The first-order chi connectivity index (χ1) is 8.13. The van der Waals surface area contributed by atoms with E-state index in [1.54, 1.807) is 16.9 Å². The highest BCUT2D eigenvalue weighted by Gasteiger charge is 2.14. The molecular formula is C12H16N4O. The van der Waals surface area contributed by atoms with Gasteiger partial charge in [0.1, 0.15) is 5.82 Å². The first-order valence-corrected chi connectivity index (χ1v) is 5.64. The van der Waals surface area contributed by atoms with Crippen LogP contribution in [0.4, 0.5) is 5.82 Å². The topological polar surface area (TPSA) is 76.7 Å². The van der Waals surface area contributed by atoms with Crippen molar-refractivity contribution in [3.8, 4) is 11.3 Å². The average molecular weight is 232 g/mol. The Labute approximate surface area is 99.3 Å². The molecule has 0 aliphatic carbocycles. The number of anilines is 1. The highest BCUT2D eigenvalue weighted by atomic mass is 16.1. The van der Waals surface area contributed by atoms with Gasteiger partial charge in [-0.2, -0.15) is 5.10 Å². The maximum atomic E-state index is 11.0. The number of pyridine rings is 1. The third-order valence-corrected chi connectivity index (χ3v) is 2.75. The number of rotatable bonds is 3. The summed E-state index contributed by atoms with van der Waals surface area (Å²) < 4.78 is 1.67. The maximum Gasteiger partial charge on any atom is 0.247 e. The second kappa shape index (κ2) is 4.45. The lowest BCUT2D eigenvalue weighted by Crippen LogP contribution is -2.02. The second-order valence-electron chi connectivity index (χ2n) is 4.03. The quantitative estimate of drug-likeness (QED) is 0.837. The molecule has 5 nitrogen and oxygen atoms in total. The summed E-state index contributed by atoms with van der Waals surface area (Å²) in [5.41, 5.74) is 8.65. The number of hydrogen-bond acceptors (Lipinski definition) is 3. The van der Waals surface area contributed by atoms with E-state index < -0.39 is 0 Å². The van der Waals surface area contributed by atoms with E-state index in [0.29, 0.717) is 5.82 Å². The number of nitrogens with one attached hydrogen (secondary N) is 1. The van der Waals surface area contributed by atoms with Crippen LogP contribution in [0, 0.1) is 0 Å². The third-order valence-electron chi connectivity index (χ3n) is 2.75. The molecule has 2 aromatic heterocycles. The number of aromatic nitrogens is 3. The van der Waals surface area contributed by atoms with Crippen molar-refractivity contribution in [2.45, 2.75) is 19.8 Å². The molecule has 0 aromatic carbocycles. The molecule has 90 valence electrons. The van der Waals surface area contributed by atoms with E-state index in [1.165, 1.54) is 6.07 Å². The first kappa shape index (κ1) is 11.4. The van der Waals surface area contributed by atoms with Crippen molar-refractivity contribution in [2.75, 3.05) is 5.73 Å². The molecule has 2 rings (SSSR count). The predicted molar refractivity (Wildman–Crippen MR) is 67.7 cm³/mol. The number of hydrogen-bond donors (Lipinski definition) is 2. The van der Waals surface area contributed by atoms with Crippen LogP contribution in [0.1, 0.15) is 18.9 Å². The van der Waals surface area contributed by atoms with E-state index in [9.17, 15) is 4.79 Å². The zero-order chi connectivity index (χ0) is 12.4. The molecule has 0 saturated heterocycles. The van der Waals surface area contributed by atoms with E-state index in [4.69, 9.17) is 5.73 Å². The Morgan fingerprint density at radius 3 is 2.82 bits per heavy atom. The largest absolute Gasteiger partial charge is 0.384 e. The molecule has 17 heavy (non-hydrogen) atoms. The summed E-state index contributed by atoms with van der Waals surface area (Å²) >= 11 is 0. The first-order valence-electron chi connectivity index (χ1n) is 5.64. The van der Waals surface area contributed by atoms with Gasteiger partial charge in [-0.1, -0.05) is 13.3 Å². The minimum absolute atomic E-state index is 0.116. The number of nitrogen functional groups attached to an aromatic ring is 1. The number of aryl methyl sites for hydroxylation is 1. The van der Waals surface area contributed by atoms with Gasteiger partial charge in [0.15, 0.2) is 0 Å². The average Bonchev–Trinajstić information content (AvgIpc) is 2.59. The van der Waals surface area contributed by atoms with Gasteiger partial charge < -0.3 is 10.7 Å². The van der Waals surface area contributed by atoms with Crippen molar-refractivity contribution >= 4 is 5.82 Å². The summed E-state index contributed by atoms with van der Waals surface area (Å²) in [6, 6.07) is 3.26. The van der Waals surface area contributed by atoms with Gasteiger partial charge in [-0.3, -0.25) is 9.48 Å². The number of H-pyrrole nitrogens is 1. The molecule has 2 heterocycles. The van der Waals surface area contributed by atoms with Crippen LogP contribution in [0.15, 0.2) is 23.1 Å². The van der Waals surface area contributed by atoms with E-state index in [1.807, 2.05) is 7.05 Å². The van der Waals surface area contributed by atoms with Crippen LogP contribution in [0.2, 0.25) is 0 Å². The molecule has 0 aliphatic rings. The van der Waals surface area contributed by atoms with E-state index in [0.717, 1.165) is 29.7 Å². The molecule has 5 heteroatoms. The Morgan fingerprint density at radius 1 is 1.47 bits per heavy atom. The summed E-state index contributed by atoms with van der Waals surface area (Å²) in [5, 5.41) is 4.40. The minimum Gasteiger partial charge on any atom is -0.384 e. The van der Waals surface area contributed by atoms with E-state index >= 15 is 0 Å². The van der Waals surface area contributed by atoms with Gasteiger partial charge in [-0.15, -0.1) is 0 Å². The van der Waals surface area contributed by atoms with Crippen LogP contribution in [-0.4, -0.2) is 14.8 Å². The van der Waals surface area contributed by atoms with E-state index in [-0.39, 0.29) is 5.56 Å². The zero-order valence-electron chi connectivity index (χ0n) is 10.0. The Kier molecular flexibility index (Phi) is 2.99. The molecular weight excluding hydrogens is 216 g/mol. The third kappa shape index (κ3) is 2.08. The smallest absolute Gasteiger partial charge is 0.247 e. The lowest BCUT2D eigenvalue weighted by molar-refractivity contribution is 0.781. The molecule has 0 atom stereocenters. The van der Waals surface area contributed by atoms with Gasteiger partial charge >= 0.3 is 0 Å². The highest BCUT2D eigenvalue weighted by Crippen LogP contribution is 2.26. The summed E-state index contributed by atoms with van der Waals surface area (Å²) in [4.78, 5) is 13.7. The van der Waals surface area contributed by atoms with Crippen LogP contribution in [0.5, 0.6) is 0 Å². The molecule has 3 N–H and O–H groups in total. The number of aromatic amines is 1. The van der Waals surface area contributed by atoms with Crippen LogP contribution >= 0.6 is 0 Å². The van der Waals surface area contributed by atoms with Crippen LogP contribution in [-0.2, 0) is 13.5 Å². The second-order valence-corrected chi connectivity index (χ2v) is 4.03. The zero-order valence-corrected chi connectivity index (χ0v) is 10.0. The molecule has 2 aromatic rings. The SMILES string of the molecule is CCCc1c(-c2ccc(=O)[nH]c2)nn(C)c1N. The van der Waals surface area contributed by atoms with Gasteiger partial charge in [0.25, 0.3) is 0 Å². The Hall–Kier alpha value is -2.04. The standard InChI is InChI=1S/C12H16N4O/c1-3-4-9-11(15-16(2)12(9)13)8-5-6-10(17)14-7-8/h5-7H,3-4,13H2,1-2H3,(H,14,17). The Morgan fingerprint density at radius 2 is 2.24 bits per heavy atom. The van der Waals surface area contributed by atoms with Crippen molar-refractivity contribution in [1.29, 1.82) is 0 Å². The summed E-state index contributed by atoms with van der Waals surface area (Å²) in [6.45, 7) is 2.10. The lowest BCUT2D eigenvalue weighted by Gasteiger charge is -2.01. The summed E-state index contributed by atoms with van der Waals surface area (Å²) in [7, 11) is 1.82. The molecule has 0 aliphatic heterocycles. The molecule has 0 radical (unpaired) electrons. The maximum absolute atomic E-state index is 11.0. The predicted octanol–water partition coefficient (Wildman–Crippen LogP) is 1.31.